The number of carbonyl (C=O) groups excluding carboxylic acids is 1. The molecule has 1 amide bonds. The maximum absolute atomic E-state index is 13.5. The zero-order chi connectivity index (χ0) is 14.8. The van der Waals surface area contributed by atoms with E-state index < -0.39 is 11.6 Å². The van der Waals surface area contributed by atoms with E-state index in [1.807, 2.05) is 12.1 Å². The highest BCUT2D eigenvalue weighted by molar-refractivity contribution is 5.97. The molecule has 0 unspecified atom stereocenters. The average molecular weight is 286 g/mol. The van der Waals surface area contributed by atoms with E-state index in [1.54, 1.807) is 18.3 Å². The van der Waals surface area contributed by atoms with Gasteiger partial charge in [0.05, 0.1) is 0 Å². The van der Waals surface area contributed by atoms with Crippen LogP contribution in [0.25, 0.3) is 10.9 Å². The number of hydrogen-bond donors (Lipinski definition) is 2. The quantitative estimate of drug-likeness (QED) is 0.761. The number of amides is 1. The van der Waals surface area contributed by atoms with Crippen molar-refractivity contribution in [3.05, 3.63) is 71.4 Å². The van der Waals surface area contributed by atoms with Crippen LogP contribution >= 0.6 is 0 Å². The molecule has 0 radical (unpaired) electrons. The van der Waals surface area contributed by atoms with Gasteiger partial charge in [0.1, 0.15) is 11.6 Å². The lowest BCUT2D eigenvalue weighted by Gasteiger charge is -2.07. The molecule has 3 nitrogen and oxygen atoms in total. The van der Waals surface area contributed by atoms with E-state index in [0.29, 0.717) is 5.56 Å². The van der Waals surface area contributed by atoms with Gasteiger partial charge >= 0.3 is 0 Å². The summed E-state index contributed by atoms with van der Waals surface area (Å²) in [6, 6.07) is 10.7. The molecule has 0 spiro atoms. The van der Waals surface area contributed by atoms with Crippen molar-refractivity contribution in [1.82, 2.24) is 10.3 Å². The fraction of sp³-hybridized carbons (Fsp3) is 0.0625. The number of rotatable bonds is 3. The standard InChI is InChI=1S/C16H12F2N2O/c17-13-2-1-3-14(18)12(13)9-20-16(21)11-5-4-10-6-7-19-15(10)8-11/h1-8,19H,9H2,(H,20,21). The summed E-state index contributed by atoms with van der Waals surface area (Å²) < 4.78 is 26.9. The zero-order valence-corrected chi connectivity index (χ0v) is 11.0. The number of halogens is 2. The molecule has 0 atom stereocenters. The molecule has 1 aromatic heterocycles. The predicted octanol–water partition coefficient (Wildman–Crippen LogP) is 3.38. The van der Waals surface area contributed by atoms with Gasteiger partial charge < -0.3 is 10.3 Å². The Morgan fingerprint density at radius 3 is 2.62 bits per heavy atom. The molecule has 1 heterocycles. The molecule has 0 aliphatic rings. The Morgan fingerprint density at radius 2 is 1.86 bits per heavy atom. The summed E-state index contributed by atoms with van der Waals surface area (Å²) in [7, 11) is 0. The van der Waals surface area contributed by atoms with Crippen LogP contribution in [0, 0.1) is 11.6 Å². The van der Waals surface area contributed by atoms with Gasteiger partial charge in [-0.15, -0.1) is 0 Å². The second-order valence-corrected chi connectivity index (χ2v) is 4.66. The van der Waals surface area contributed by atoms with Crippen molar-refractivity contribution in [1.29, 1.82) is 0 Å². The van der Waals surface area contributed by atoms with Gasteiger partial charge in [0.15, 0.2) is 0 Å². The van der Waals surface area contributed by atoms with Crippen LogP contribution in [0.1, 0.15) is 15.9 Å². The van der Waals surface area contributed by atoms with Crippen molar-refractivity contribution in [3.63, 3.8) is 0 Å². The highest BCUT2D eigenvalue weighted by Crippen LogP contribution is 2.15. The summed E-state index contributed by atoms with van der Waals surface area (Å²) in [6.45, 7) is -0.194. The molecule has 0 bridgehead atoms. The van der Waals surface area contributed by atoms with Crippen LogP contribution in [0.4, 0.5) is 8.78 Å². The first-order chi connectivity index (χ1) is 10.1. The van der Waals surface area contributed by atoms with E-state index in [1.165, 1.54) is 6.07 Å². The SMILES string of the molecule is O=C(NCc1c(F)cccc1F)c1ccc2cc[nH]c2c1. The van der Waals surface area contributed by atoms with E-state index in [0.717, 1.165) is 23.0 Å². The average Bonchev–Trinajstić information content (AvgIpc) is 2.93. The Kier molecular flexibility index (Phi) is 3.39. The molecule has 0 saturated carbocycles. The smallest absolute Gasteiger partial charge is 0.251 e. The third kappa shape index (κ3) is 2.63. The van der Waals surface area contributed by atoms with Gasteiger partial charge in [0.2, 0.25) is 0 Å². The van der Waals surface area contributed by atoms with Crippen LogP contribution in [0.2, 0.25) is 0 Å². The zero-order valence-electron chi connectivity index (χ0n) is 11.0. The Hall–Kier alpha value is -2.69. The molecule has 3 rings (SSSR count). The Bertz CT molecular complexity index is 791. The van der Waals surface area contributed by atoms with E-state index in [4.69, 9.17) is 0 Å². The van der Waals surface area contributed by atoms with E-state index in [2.05, 4.69) is 10.3 Å². The molecular weight excluding hydrogens is 274 g/mol. The highest BCUT2D eigenvalue weighted by atomic mass is 19.1. The summed E-state index contributed by atoms with van der Waals surface area (Å²) in [6.07, 6.45) is 1.78. The minimum Gasteiger partial charge on any atom is -0.361 e. The van der Waals surface area contributed by atoms with Crippen molar-refractivity contribution in [2.45, 2.75) is 6.54 Å². The van der Waals surface area contributed by atoms with Gasteiger partial charge in [-0.05, 0) is 35.7 Å². The molecule has 0 aliphatic heterocycles. The van der Waals surface area contributed by atoms with Crippen molar-refractivity contribution in [2.75, 3.05) is 0 Å². The molecular formula is C16H12F2N2O. The fourth-order valence-corrected chi connectivity index (χ4v) is 2.16. The molecule has 2 N–H and O–H groups in total. The maximum atomic E-state index is 13.5. The first-order valence-corrected chi connectivity index (χ1v) is 6.43. The molecule has 0 saturated heterocycles. The van der Waals surface area contributed by atoms with Gasteiger partial charge in [-0.25, -0.2) is 8.78 Å². The lowest BCUT2D eigenvalue weighted by atomic mass is 10.1. The number of hydrogen-bond acceptors (Lipinski definition) is 1. The molecule has 21 heavy (non-hydrogen) atoms. The van der Waals surface area contributed by atoms with Crippen LogP contribution < -0.4 is 5.32 Å². The van der Waals surface area contributed by atoms with Gasteiger partial charge in [0.25, 0.3) is 5.91 Å². The number of benzene rings is 2. The second kappa shape index (κ2) is 5.36. The second-order valence-electron chi connectivity index (χ2n) is 4.66. The van der Waals surface area contributed by atoms with Crippen molar-refractivity contribution in [2.24, 2.45) is 0 Å². The fourth-order valence-electron chi connectivity index (χ4n) is 2.16. The summed E-state index contributed by atoms with van der Waals surface area (Å²) >= 11 is 0. The summed E-state index contributed by atoms with van der Waals surface area (Å²) in [5.41, 5.74) is 1.12. The topological polar surface area (TPSA) is 44.9 Å². The molecule has 2 aromatic carbocycles. The normalized spacial score (nSPS) is 10.8. The van der Waals surface area contributed by atoms with Crippen LogP contribution in [-0.4, -0.2) is 10.9 Å². The minimum absolute atomic E-state index is 0.146. The minimum atomic E-state index is -0.671. The Labute approximate surface area is 119 Å². The summed E-state index contributed by atoms with van der Waals surface area (Å²) in [4.78, 5) is 15.0. The van der Waals surface area contributed by atoms with Crippen LogP contribution in [0.3, 0.4) is 0 Å². The van der Waals surface area contributed by atoms with E-state index in [-0.39, 0.29) is 18.0 Å². The number of H-pyrrole nitrogens is 1. The monoisotopic (exact) mass is 286 g/mol. The number of nitrogens with one attached hydrogen (secondary N) is 2. The number of carbonyl (C=O) groups is 1. The van der Waals surface area contributed by atoms with Crippen molar-refractivity contribution >= 4 is 16.8 Å². The van der Waals surface area contributed by atoms with Crippen LogP contribution in [0.15, 0.2) is 48.7 Å². The summed E-state index contributed by atoms with van der Waals surface area (Å²) in [5.74, 6) is -1.72. The third-order valence-electron chi connectivity index (χ3n) is 3.30. The number of aromatic nitrogens is 1. The maximum Gasteiger partial charge on any atom is 0.251 e. The Balaban J connectivity index is 1.77. The first-order valence-electron chi connectivity index (χ1n) is 6.43. The third-order valence-corrected chi connectivity index (χ3v) is 3.30. The number of fused-ring (bicyclic) bond motifs is 1. The molecule has 0 fully saturated rings. The molecule has 3 aromatic rings. The lowest BCUT2D eigenvalue weighted by molar-refractivity contribution is 0.0950. The number of aromatic amines is 1. The molecule has 0 aliphatic carbocycles. The van der Waals surface area contributed by atoms with Gasteiger partial charge in [-0.2, -0.15) is 0 Å². The molecule has 106 valence electrons. The van der Waals surface area contributed by atoms with Crippen molar-refractivity contribution < 1.29 is 13.6 Å². The van der Waals surface area contributed by atoms with E-state index in [9.17, 15) is 13.6 Å². The Morgan fingerprint density at radius 1 is 1.10 bits per heavy atom. The lowest BCUT2D eigenvalue weighted by Crippen LogP contribution is -2.23. The largest absolute Gasteiger partial charge is 0.361 e. The first kappa shape index (κ1) is 13.3. The van der Waals surface area contributed by atoms with Crippen LogP contribution in [0.5, 0.6) is 0 Å². The van der Waals surface area contributed by atoms with Crippen LogP contribution in [-0.2, 0) is 6.54 Å². The summed E-state index contributed by atoms with van der Waals surface area (Å²) in [5, 5.41) is 3.51. The van der Waals surface area contributed by atoms with Gasteiger partial charge in [0, 0.05) is 29.4 Å². The van der Waals surface area contributed by atoms with E-state index >= 15 is 0 Å². The highest BCUT2D eigenvalue weighted by Gasteiger charge is 2.11. The van der Waals surface area contributed by atoms with Crippen molar-refractivity contribution in [3.8, 4) is 0 Å². The van der Waals surface area contributed by atoms with Gasteiger partial charge in [-0.3, -0.25) is 4.79 Å². The molecule has 5 heteroatoms. The predicted molar refractivity (Wildman–Crippen MR) is 75.8 cm³/mol. The van der Waals surface area contributed by atoms with Gasteiger partial charge in [-0.1, -0.05) is 12.1 Å².